The Bertz CT molecular complexity index is 997. The summed E-state index contributed by atoms with van der Waals surface area (Å²) in [6, 6.07) is 2.80. The van der Waals surface area contributed by atoms with Crippen LogP contribution < -0.4 is 15.7 Å². The SMILES string of the molecule is COc1c(F)ccc2c(=O)c3c(=O)[nH]sc3n(C3CC3)c12. The average molecular weight is 306 g/mol. The van der Waals surface area contributed by atoms with E-state index in [1.54, 1.807) is 0 Å². The minimum Gasteiger partial charge on any atom is -0.492 e. The molecule has 0 atom stereocenters. The third kappa shape index (κ3) is 1.61. The molecule has 1 aromatic carbocycles. The molecule has 1 fully saturated rings. The summed E-state index contributed by atoms with van der Waals surface area (Å²) in [6.07, 6.45) is 1.89. The molecule has 1 aliphatic rings. The molecule has 0 saturated heterocycles. The Labute approximate surface area is 121 Å². The lowest BCUT2D eigenvalue weighted by Crippen LogP contribution is -2.16. The number of methoxy groups -OCH3 is 1. The highest BCUT2D eigenvalue weighted by molar-refractivity contribution is 7.12. The molecule has 108 valence electrons. The first-order valence-electron chi connectivity index (χ1n) is 6.55. The second-order valence-electron chi connectivity index (χ2n) is 5.12. The van der Waals surface area contributed by atoms with Crippen LogP contribution in [0.2, 0.25) is 0 Å². The van der Waals surface area contributed by atoms with E-state index in [0.29, 0.717) is 15.7 Å². The maximum absolute atomic E-state index is 14.0. The van der Waals surface area contributed by atoms with Crippen molar-refractivity contribution in [3.8, 4) is 5.75 Å². The third-order valence-corrected chi connectivity index (χ3v) is 4.69. The number of pyridine rings is 1. The number of nitrogens with one attached hydrogen (secondary N) is 1. The topological polar surface area (TPSA) is 64.1 Å². The lowest BCUT2D eigenvalue weighted by molar-refractivity contribution is 0.389. The summed E-state index contributed by atoms with van der Waals surface area (Å²) < 4.78 is 23.7. The fourth-order valence-corrected chi connectivity index (χ4v) is 3.66. The number of hydrogen-bond donors (Lipinski definition) is 1. The lowest BCUT2D eigenvalue weighted by atomic mass is 10.1. The summed E-state index contributed by atoms with van der Waals surface area (Å²) >= 11 is 1.11. The zero-order valence-electron chi connectivity index (χ0n) is 11.1. The predicted octanol–water partition coefficient (Wildman–Crippen LogP) is 2.39. The summed E-state index contributed by atoms with van der Waals surface area (Å²) in [4.78, 5) is 25.0. The highest BCUT2D eigenvalue weighted by atomic mass is 32.1. The minimum atomic E-state index is -0.513. The van der Waals surface area contributed by atoms with Crippen LogP contribution in [0.1, 0.15) is 18.9 Å². The Hall–Kier alpha value is -2.15. The van der Waals surface area contributed by atoms with Gasteiger partial charge in [0.25, 0.3) is 5.56 Å². The Morgan fingerprint density at radius 2 is 2.14 bits per heavy atom. The molecule has 4 rings (SSSR count). The second kappa shape index (κ2) is 4.17. The molecule has 0 amide bonds. The number of benzene rings is 1. The number of rotatable bonds is 2. The van der Waals surface area contributed by atoms with Gasteiger partial charge in [0.2, 0.25) is 5.43 Å². The van der Waals surface area contributed by atoms with Crippen LogP contribution in [0.3, 0.4) is 0 Å². The number of nitrogens with zero attached hydrogens (tertiary/aromatic N) is 1. The van der Waals surface area contributed by atoms with E-state index in [9.17, 15) is 14.0 Å². The van der Waals surface area contributed by atoms with Crippen LogP contribution in [0, 0.1) is 5.82 Å². The fraction of sp³-hybridized carbons (Fsp3) is 0.286. The van der Waals surface area contributed by atoms with E-state index in [2.05, 4.69) is 4.37 Å². The summed E-state index contributed by atoms with van der Waals surface area (Å²) in [6.45, 7) is 0. The number of aromatic nitrogens is 2. The molecule has 1 N–H and O–H groups in total. The van der Waals surface area contributed by atoms with Gasteiger partial charge in [-0.3, -0.25) is 14.0 Å². The van der Waals surface area contributed by atoms with Crippen molar-refractivity contribution >= 4 is 32.7 Å². The average Bonchev–Trinajstić information content (AvgIpc) is 3.22. The van der Waals surface area contributed by atoms with Crippen molar-refractivity contribution in [3.63, 3.8) is 0 Å². The molecular formula is C14H11FN2O3S. The predicted molar refractivity (Wildman–Crippen MR) is 79.0 cm³/mol. The molecule has 0 unspecified atom stereocenters. The minimum absolute atomic E-state index is 0.0549. The number of ether oxygens (including phenoxy) is 1. The van der Waals surface area contributed by atoms with E-state index >= 15 is 0 Å². The molecule has 21 heavy (non-hydrogen) atoms. The van der Waals surface area contributed by atoms with Crippen LogP contribution in [0.4, 0.5) is 4.39 Å². The highest BCUT2D eigenvalue weighted by Gasteiger charge is 2.30. The fourth-order valence-electron chi connectivity index (χ4n) is 2.74. The first-order chi connectivity index (χ1) is 10.1. The van der Waals surface area contributed by atoms with E-state index in [0.717, 1.165) is 24.4 Å². The quantitative estimate of drug-likeness (QED) is 0.790. The molecule has 0 spiro atoms. The summed E-state index contributed by atoms with van der Waals surface area (Å²) in [5.41, 5.74) is -0.329. The smallest absolute Gasteiger partial charge is 0.271 e. The third-order valence-electron chi connectivity index (χ3n) is 3.81. The summed E-state index contributed by atoms with van der Waals surface area (Å²) in [5, 5.41) is 0.463. The van der Waals surface area contributed by atoms with Crippen molar-refractivity contribution < 1.29 is 9.13 Å². The molecule has 5 nitrogen and oxygen atoms in total. The van der Waals surface area contributed by atoms with Gasteiger partial charge in [-0.1, -0.05) is 0 Å². The maximum Gasteiger partial charge on any atom is 0.271 e. The number of aromatic amines is 1. The summed E-state index contributed by atoms with van der Waals surface area (Å²) in [7, 11) is 1.38. The second-order valence-corrected chi connectivity index (χ2v) is 5.92. The van der Waals surface area contributed by atoms with Crippen molar-refractivity contribution in [2.45, 2.75) is 18.9 Å². The van der Waals surface area contributed by atoms with E-state index in [1.165, 1.54) is 19.2 Å². The van der Waals surface area contributed by atoms with E-state index in [1.807, 2.05) is 4.57 Å². The summed E-state index contributed by atoms with van der Waals surface area (Å²) in [5.74, 6) is -0.458. The molecule has 0 aliphatic heterocycles. The molecule has 2 aromatic heterocycles. The maximum atomic E-state index is 14.0. The van der Waals surface area contributed by atoms with Crippen LogP contribution in [-0.4, -0.2) is 16.1 Å². The lowest BCUT2D eigenvalue weighted by Gasteiger charge is -2.14. The van der Waals surface area contributed by atoms with Crippen molar-refractivity contribution in [1.82, 2.24) is 8.94 Å². The molecule has 0 radical (unpaired) electrons. The highest BCUT2D eigenvalue weighted by Crippen LogP contribution is 2.42. The zero-order valence-corrected chi connectivity index (χ0v) is 11.9. The van der Waals surface area contributed by atoms with Gasteiger partial charge in [-0.2, -0.15) is 0 Å². The zero-order chi connectivity index (χ0) is 14.7. The van der Waals surface area contributed by atoms with Gasteiger partial charge in [0, 0.05) is 6.04 Å². The van der Waals surface area contributed by atoms with Gasteiger partial charge >= 0.3 is 0 Å². The van der Waals surface area contributed by atoms with Crippen molar-refractivity contribution in [2.24, 2.45) is 0 Å². The van der Waals surface area contributed by atoms with Gasteiger partial charge in [-0.15, -0.1) is 0 Å². The van der Waals surface area contributed by atoms with Crippen molar-refractivity contribution in [1.29, 1.82) is 0 Å². The Morgan fingerprint density at radius 3 is 2.81 bits per heavy atom. The number of halogens is 1. The molecule has 2 heterocycles. The number of hydrogen-bond acceptors (Lipinski definition) is 4. The normalized spacial score (nSPS) is 15.0. The van der Waals surface area contributed by atoms with Crippen LogP contribution in [0.15, 0.2) is 21.7 Å². The monoisotopic (exact) mass is 306 g/mol. The Kier molecular flexibility index (Phi) is 2.50. The molecule has 0 bridgehead atoms. The van der Waals surface area contributed by atoms with E-state index < -0.39 is 5.82 Å². The van der Waals surface area contributed by atoms with Gasteiger partial charge < -0.3 is 9.30 Å². The van der Waals surface area contributed by atoms with Gasteiger partial charge in [-0.25, -0.2) is 4.39 Å². The molecule has 7 heteroatoms. The van der Waals surface area contributed by atoms with Crippen molar-refractivity contribution in [2.75, 3.05) is 7.11 Å². The van der Waals surface area contributed by atoms with Gasteiger partial charge in [0.1, 0.15) is 10.2 Å². The number of fused-ring (bicyclic) bond motifs is 2. The van der Waals surface area contributed by atoms with E-state index in [-0.39, 0.29) is 28.2 Å². The first kappa shape index (κ1) is 12.6. The largest absolute Gasteiger partial charge is 0.492 e. The van der Waals surface area contributed by atoms with Crippen molar-refractivity contribution in [3.05, 3.63) is 38.5 Å². The van der Waals surface area contributed by atoms with Crippen LogP contribution in [0.25, 0.3) is 21.1 Å². The molecule has 1 saturated carbocycles. The molecule has 3 aromatic rings. The molecular weight excluding hydrogens is 295 g/mol. The van der Waals surface area contributed by atoms with Gasteiger partial charge in [0.15, 0.2) is 11.6 Å². The van der Waals surface area contributed by atoms with Crippen LogP contribution in [-0.2, 0) is 0 Å². The van der Waals surface area contributed by atoms with Crippen LogP contribution >= 0.6 is 11.5 Å². The molecule has 1 aliphatic carbocycles. The first-order valence-corrected chi connectivity index (χ1v) is 7.37. The Morgan fingerprint density at radius 1 is 1.38 bits per heavy atom. The van der Waals surface area contributed by atoms with Gasteiger partial charge in [-0.05, 0) is 36.5 Å². The van der Waals surface area contributed by atoms with Gasteiger partial charge in [0.05, 0.1) is 18.0 Å². The Balaban J connectivity index is 2.36. The number of H-pyrrole nitrogens is 1. The van der Waals surface area contributed by atoms with Crippen LogP contribution in [0.5, 0.6) is 5.75 Å². The van der Waals surface area contributed by atoms with E-state index in [4.69, 9.17) is 4.74 Å². The standard InChI is InChI=1S/C14H11FN2O3S/c1-20-12-8(15)5-4-7-10(12)17(6-2-3-6)14-9(11(7)18)13(19)16-21-14/h4-6H,2-3H2,1H3,(H,16,19).